The molecule has 1 saturated carbocycles. The minimum Gasteiger partial charge on any atom is -0.350 e. The zero-order chi connectivity index (χ0) is 17.9. The summed E-state index contributed by atoms with van der Waals surface area (Å²) in [6.07, 6.45) is 9.12. The van der Waals surface area contributed by atoms with Crippen LogP contribution in [0.25, 0.3) is 0 Å². The molecule has 0 spiro atoms. The summed E-state index contributed by atoms with van der Waals surface area (Å²) in [5.74, 6) is -0.537. The van der Waals surface area contributed by atoms with Gasteiger partial charge in [0.15, 0.2) is 0 Å². The highest BCUT2D eigenvalue weighted by atomic mass is 32.2. The van der Waals surface area contributed by atoms with E-state index in [0.29, 0.717) is 21.7 Å². The molecule has 132 valence electrons. The number of hydrogen-bond donors (Lipinski definition) is 3. The fourth-order valence-corrected chi connectivity index (χ4v) is 2.97. The van der Waals surface area contributed by atoms with Crippen molar-refractivity contribution in [3.05, 3.63) is 24.6 Å². The van der Waals surface area contributed by atoms with Gasteiger partial charge < -0.3 is 5.32 Å². The van der Waals surface area contributed by atoms with Gasteiger partial charge in [-0.25, -0.2) is 15.5 Å². The second-order valence-corrected chi connectivity index (χ2v) is 6.46. The predicted molar refractivity (Wildman–Crippen MR) is 100 cm³/mol. The van der Waals surface area contributed by atoms with Crippen molar-refractivity contribution in [2.75, 3.05) is 19.1 Å². The van der Waals surface area contributed by atoms with E-state index in [1.165, 1.54) is 35.2 Å². The third kappa shape index (κ3) is 7.33. The van der Waals surface area contributed by atoms with Crippen LogP contribution in [0.1, 0.15) is 19.3 Å². The van der Waals surface area contributed by atoms with Gasteiger partial charge in [-0.05, 0) is 37.3 Å². The molecule has 1 aliphatic rings. The summed E-state index contributed by atoms with van der Waals surface area (Å²) in [4.78, 5) is 32.0. The number of rotatable bonds is 7. The van der Waals surface area contributed by atoms with Crippen molar-refractivity contribution in [3.63, 3.8) is 0 Å². The minimum absolute atomic E-state index is 0.00790. The molecule has 0 bridgehead atoms. The smallest absolute Gasteiger partial charge is 0.269 e. The van der Waals surface area contributed by atoms with Gasteiger partial charge in [0.2, 0.25) is 5.91 Å². The lowest BCUT2D eigenvalue weighted by atomic mass is 10.3. The number of thioether (sulfide) groups is 2. The molecule has 3 N–H and O–H groups in total. The van der Waals surface area contributed by atoms with Crippen LogP contribution >= 0.6 is 23.5 Å². The van der Waals surface area contributed by atoms with Gasteiger partial charge in [-0.1, -0.05) is 6.58 Å². The number of nitrogens with zero attached hydrogens (tertiary/aromatic N) is 2. The normalized spacial score (nSPS) is 15.9. The van der Waals surface area contributed by atoms with Crippen LogP contribution < -0.4 is 10.8 Å². The standard InChI is InChI=1S/C15H22N4O3S2/c1-4-16-14(23-2)15(24-3)18-11(9-10-5-6-10)13(21)17-8-7-12(20)19-22/h4,9-10,22H,1,5-8H2,2-3H3,(H,17,21)(H,19,20)/b11-9+,16-14?,18-15?. The average molecular weight is 371 g/mol. The molecule has 1 aliphatic carbocycles. The molecular weight excluding hydrogens is 348 g/mol. The van der Waals surface area contributed by atoms with Crippen molar-refractivity contribution in [1.29, 1.82) is 0 Å². The molecule has 7 nitrogen and oxygen atoms in total. The van der Waals surface area contributed by atoms with Crippen LogP contribution in [-0.2, 0) is 9.59 Å². The molecule has 0 aromatic heterocycles. The minimum atomic E-state index is -0.556. The van der Waals surface area contributed by atoms with Gasteiger partial charge in [-0.15, -0.1) is 23.5 Å². The first kappa shape index (κ1) is 20.5. The number of hydroxylamine groups is 1. The van der Waals surface area contributed by atoms with E-state index in [1.807, 2.05) is 18.6 Å². The van der Waals surface area contributed by atoms with Crippen molar-refractivity contribution in [1.82, 2.24) is 10.8 Å². The Morgan fingerprint density at radius 3 is 2.46 bits per heavy atom. The summed E-state index contributed by atoms with van der Waals surface area (Å²) in [7, 11) is 0. The van der Waals surface area contributed by atoms with E-state index >= 15 is 0 Å². The maximum atomic E-state index is 12.3. The second kappa shape index (κ2) is 11.1. The quantitative estimate of drug-likeness (QED) is 0.209. The van der Waals surface area contributed by atoms with Gasteiger partial charge in [0.05, 0.1) is 0 Å². The largest absolute Gasteiger partial charge is 0.350 e. The Balaban J connectivity index is 2.89. The Bertz CT molecular complexity index is 569. The fourth-order valence-electron chi connectivity index (χ4n) is 1.65. The monoisotopic (exact) mass is 370 g/mol. The van der Waals surface area contributed by atoms with Crippen molar-refractivity contribution >= 4 is 45.4 Å². The Morgan fingerprint density at radius 1 is 1.29 bits per heavy atom. The summed E-state index contributed by atoms with van der Waals surface area (Å²) in [6, 6.07) is 0. The maximum absolute atomic E-state index is 12.3. The van der Waals surface area contributed by atoms with E-state index in [9.17, 15) is 9.59 Å². The highest BCUT2D eigenvalue weighted by Gasteiger charge is 2.22. The summed E-state index contributed by atoms with van der Waals surface area (Å²) >= 11 is 2.83. The van der Waals surface area contributed by atoms with Crippen LogP contribution in [0.3, 0.4) is 0 Å². The number of allylic oxidation sites excluding steroid dienone is 1. The molecule has 0 atom stereocenters. The van der Waals surface area contributed by atoms with E-state index in [4.69, 9.17) is 5.21 Å². The summed E-state index contributed by atoms with van der Waals surface area (Å²) in [5.41, 5.74) is 1.84. The Hall–Kier alpha value is -1.58. The SMILES string of the molecule is C=CN=C(SC)C(=N/C(=C/C1CC1)C(=O)NCCC(=O)NO)SC. The van der Waals surface area contributed by atoms with Crippen molar-refractivity contribution in [3.8, 4) is 0 Å². The third-order valence-electron chi connectivity index (χ3n) is 3.01. The average Bonchev–Trinajstić information content (AvgIpc) is 3.40. The van der Waals surface area contributed by atoms with Crippen molar-refractivity contribution in [2.45, 2.75) is 19.3 Å². The van der Waals surface area contributed by atoms with E-state index < -0.39 is 5.91 Å². The molecule has 2 amide bonds. The third-order valence-corrected chi connectivity index (χ3v) is 4.50. The molecule has 0 aromatic rings. The van der Waals surface area contributed by atoms with Gasteiger partial charge >= 0.3 is 0 Å². The van der Waals surface area contributed by atoms with E-state index in [-0.39, 0.29) is 18.9 Å². The van der Waals surface area contributed by atoms with Gasteiger partial charge in [0.25, 0.3) is 5.91 Å². The predicted octanol–water partition coefficient (Wildman–Crippen LogP) is 1.96. The molecule has 0 unspecified atom stereocenters. The van der Waals surface area contributed by atoms with E-state index in [2.05, 4.69) is 21.9 Å². The van der Waals surface area contributed by atoms with Crippen LogP contribution in [0.15, 0.2) is 34.5 Å². The molecular formula is C15H22N4O3S2. The zero-order valence-corrected chi connectivity index (χ0v) is 15.4. The number of amides is 2. The topological polar surface area (TPSA) is 103 Å². The molecule has 1 fully saturated rings. The Labute approximate surface area is 150 Å². The van der Waals surface area contributed by atoms with Crippen LogP contribution in [0.4, 0.5) is 0 Å². The van der Waals surface area contributed by atoms with Crippen LogP contribution in [-0.4, -0.2) is 46.2 Å². The molecule has 24 heavy (non-hydrogen) atoms. The van der Waals surface area contributed by atoms with Crippen molar-refractivity contribution < 1.29 is 14.8 Å². The van der Waals surface area contributed by atoms with Gasteiger partial charge in [0.1, 0.15) is 15.8 Å². The summed E-state index contributed by atoms with van der Waals surface area (Å²) in [6.45, 7) is 3.70. The molecule has 0 aromatic carbocycles. The highest BCUT2D eigenvalue weighted by molar-refractivity contribution is 8.24. The molecule has 0 heterocycles. The first-order chi connectivity index (χ1) is 11.5. The fraction of sp³-hybridized carbons (Fsp3) is 0.467. The summed E-state index contributed by atoms with van der Waals surface area (Å²) < 4.78 is 0. The van der Waals surface area contributed by atoms with Crippen LogP contribution in [0.2, 0.25) is 0 Å². The molecule has 1 rings (SSSR count). The van der Waals surface area contributed by atoms with Gasteiger partial charge in [0, 0.05) is 19.2 Å². The first-order valence-corrected chi connectivity index (χ1v) is 9.79. The molecule has 0 radical (unpaired) electrons. The van der Waals surface area contributed by atoms with Gasteiger partial charge in [-0.3, -0.25) is 14.8 Å². The lowest BCUT2D eigenvalue weighted by Gasteiger charge is -2.08. The van der Waals surface area contributed by atoms with Crippen LogP contribution in [0.5, 0.6) is 0 Å². The zero-order valence-electron chi connectivity index (χ0n) is 13.7. The molecule has 0 saturated heterocycles. The van der Waals surface area contributed by atoms with E-state index in [1.54, 1.807) is 0 Å². The maximum Gasteiger partial charge on any atom is 0.269 e. The number of carbonyl (C=O) groups is 2. The summed E-state index contributed by atoms with van der Waals surface area (Å²) in [5, 5.41) is 12.4. The lowest BCUT2D eigenvalue weighted by molar-refractivity contribution is -0.129. The number of hydrogen-bond acceptors (Lipinski definition) is 7. The Morgan fingerprint density at radius 2 is 1.96 bits per heavy atom. The number of carbonyl (C=O) groups excluding carboxylic acids is 2. The first-order valence-electron chi connectivity index (χ1n) is 7.34. The molecule has 9 heteroatoms. The highest BCUT2D eigenvalue weighted by Crippen LogP contribution is 2.31. The number of aliphatic imine (C=N–C) groups is 2. The second-order valence-electron chi connectivity index (χ2n) is 4.87. The van der Waals surface area contributed by atoms with Crippen molar-refractivity contribution in [2.24, 2.45) is 15.9 Å². The molecule has 0 aliphatic heterocycles. The van der Waals surface area contributed by atoms with Crippen LogP contribution in [0, 0.1) is 5.92 Å². The lowest BCUT2D eigenvalue weighted by Crippen LogP contribution is -2.30. The van der Waals surface area contributed by atoms with Gasteiger partial charge in [-0.2, -0.15) is 0 Å². The van der Waals surface area contributed by atoms with E-state index in [0.717, 1.165) is 12.8 Å². The Kier molecular flexibility index (Phi) is 9.43. The number of nitrogens with one attached hydrogen (secondary N) is 2.